The fraction of sp³-hybridized carbons (Fsp3) is 0.533. The van der Waals surface area contributed by atoms with Gasteiger partial charge in [0, 0.05) is 23.0 Å². The predicted octanol–water partition coefficient (Wildman–Crippen LogP) is 3.16. The lowest BCUT2D eigenvalue weighted by Crippen LogP contribution is -2.40. The van der Waals surface area contributed by atoms with Crippen LogP contribution in [0, 0.1) is 5.92 Å². The first-order valence-electron chi connectivity index (χ1n) is 6.76. The molecule has 0 aliphatic rings. The van der Waals surface area contributed by atoms with Crippen molar-refractivity contribution in [1.82, 2.24) is 10.6 Å². The highest BCUT2D eigenvalue weighted by molar-refractivity contribution is 9.10. The van der Waals surface area contributed by atoms with Gasteiger partial charge >= 0.3 is 0 Å². The molecular weight excluding hydrogens is 340 g/mol. The Balaban J connectivity index is 0.00000361. The van der Waals surface area contributed by atoms with Crippen molar-refractivity contribution in [3.8, 4) is 0 Å². The summed E-state index contributed by atoms with van der Waals surface area (Å²) < 4.78 is 1.06. The van der Waals surface area contributed by atoms with Gasteiger partial charge in [-0.15, -0.1) is 12.4 Å². The average molecular weight is 364 g/mol. The molecule has 1 aromatic carbocycles. The Morgan fingerprint density at radius 3 is 2.65 bits per heavy atom. The van der Waals surface area contributed by atoms with E-state index in [1.807, 2.05) is 19.2 Å². The number of carbonyl (C=O) groups is 1. The molecule has 2 atom stereocenters. The third-order valence-corrected chi connectivity index (χ3v) is 3.80. The van der Waals surface area contributed by atoms with E-state index in [9.17, 15) is 4.79 Å². The Morgan fingerprint density at radius 1 is 1.40 bits per heavy atom. The zero-order valence-electron chi connectivity index (χ0n) is 12.3. The van der Waals surface area contributed by atoms with Crippen molar-refractivity contribution in [2.45, 2.75) is 32.7 Å². The van der Waals surface area contributed by atoms with Crippen molar-refractivity contribution in [2.24, 2.45) is 5.92 Å². The van der Waals surface area contributed by atoms with Gasteiger partial charge in [-0.25, -0.2) is 0 Å². The second-order valence-electron chi connectivity index (χ2n) is 4.87. The number of hydrogen-bond acceptors (Lipinski definition) is 2. The lowest BCUT2D eigenvalue weighted by atomic mass is 9.96. The summed E-state index contributed by atoms with van der Waals surface area (Å²) in [6, 6.07) is 8.45. The number of likely N-dealkylation sites (N-methyl/N-ethyl adjacent to an activating group) is 1. The Labute approximate surface area is 136 Å². The minimum Gasteiger partial charge on any atom is -0.354 e. The van der Waals surface area contributed by atoms with Gasteiger partial charge in [-0.05, 0) is 44.5 Å². The van der Waals surface area contributed by atoms with Gasteiger partial charge in [0.25, 0.3) is 0 Å². The van der Waals surface area contributed by atoms with E-state index in [0.717, 1.165) is 17.3 Å². The number of nitrogens with one attached hydrogen (secondary N) is 2. The molecule has 0 saturated heterocycles. The van der Waals surface area contributed by atoms with Crippen molar-refractivity contribution in [1.29, 1.82) is 0 Å². The quantitative estimate of drug-likeness (QED) is 0.781. The molecule has 0 radical (unpaired) electrons. The lowest BCUT2D eigenvalue weighted by Gasteiger charge is -2.17. The highest BCUT2D eigenvalue weighted by Crippen LogP contribution is 2.17. The Hall–Kier alpha value is -0.580. The molecular formula is C15H24BrClN2O. The summed E-state index contributed by atoms with van der Waals surface area (Å²) >= 11 is 3.46. The van der Waals surface area contributed by atoms with Crippen LogP contribution < -0.4 is 10.6 Å². The van der Waals surface area contributed by atoms with E-state index in [0.29, 0.717) is 12.6 Å². The van der Waals surface area contributed by atoms with Gasteiger partial charge in [0.15, 0.2) is 0 Å². The first kappa shape index (κ1) is 19.4. The standard InChI is InChI=1S/C15H23BrN2O.ClH/c1-4-13(15(19)18-10-11(2)17-3)8-12-6-5-7-14(16)9-12;/h5-7,9,11,13,17H,4,8,10H2,1-3H3,(H,18,19);1H. The van der Waals surface area contributed by atoms with Crippen LogP contribution in [0.15, 0.2) is 28.7 Å². The van der Waals surface area contributed by atoms with E-state index in [1.54, 1.807) is 0 Å². The molecule has 0 spiro atoms. The maximum atomic E-state index is 12.1. The van der Waals surface area contributed by atoms with Gasteiger partial charge in [0.05, 0.1) is 0 Å². The fourth-order valence-electron chi connectivity index (χ4n) is 1.87. The van der Waals surface area contributed by atoms with E-state index in [1.165, 1.54) is 5.56 Å². The molecule has 0 aromatic heterocycles. The molecule has 0 aliphatic heterocycles. The molecule has 1 rings (SSSR count). The Morgan fingerprint density at radius 2 is 2.10 bits per heavy atom. The van der Waals surface area contributed by atoms with E-state index >= 15 is 0 Å². The smallest absolute Gasteiger partial charge is 0.223 e. The molecule has 2 N–H and O–H groups in total. The molecule has 0 bridgehead atoms. The van der Waals surface area contributed by atoms with Gasteiger partial charge in [-0.1, -0.05) is 35.0 Å². The lowest BCUT2D eigenvalue weighted by molar-refractivity contribution is -0.125. The van der Waals surface area contributed by atoms with Gasteiger partial charge in [0.2, 0.25) is 5.91 Å². The number of hydrogen-bond donors (Lipinski definition) is 2. The van der Waals surface area contributed by atoms with Crippen molar-refractivity contribution >= 4 is 34.2 Å². The van der Waals surface area contributed by atoms with Crippen molar-refractivity contribution in [3.05, 3.63) is 34.3 Å². The topological polar surface area (TPSA) is 41.1 Å². The van der Waals surface area contributed by atoms with E-state index in [2.05, 4.69) is 52.5 Å². The molecule has 5 heteroatoms. The maximum Gasteiger partial charge on any atom is 0.223 e. The number of amides is 1. The summed E-state index contributed by atoms with van der Waals surface area (Å²) in [7, 11) is 1.90. The molecule has 0 saturated carbocycles. The van der Waals surface area contributed by atoms with E-state index < -0.39 is 0 Å². The summed E-state index contributed by atoms with van der Waals surface area (Å²) in [5.74, 6) is 0.183. The van der Waals surface area contributed by atoms with Crippen LogP contribution in [0.3, 0.4) is 0 Å². The monoisotopic (exact) mass is 362 g/mol. The molecule has 0 aliphatic carbocycles. The van der Waals surface area contributed by atoms with Gasteiger partial charge < -0.3 is 10.6 Å². The second kappa shape index (κ2) is 10.2. The van der Waals surface area contributed by atoms with Gasteiger partial charge in [0.1, 0.15) is 0 Å². The van der Waals surface area contributed by atoms with Crippen LogP contribution in [0.25, 0.3) is 0 Å². The van der Waals surface area contributed by atoms with Crippen LogP contribution in [0.5, 0.6) is 0 Å². The number of benzene rings is 1. The highest BCUT2D eigenvalue weighted by Gasteiger charge is 2.17. The summed E-state index contributed by atoms with van der Waals surface area (Å²) in [5, 5.41) is 6.12. The molecule has 0 heterocycles. The molecule has 20 heavy (non-hydrogen) atoms. The largest absolute Gasteiger partial charge is 0.354 e. The molecule has 2 unspecified atom stereocenters. The highest BCUT2D eigenvalue weighted by atomic mass is 79.9. The predicted molar refractivity (Wildman–Crippen MR) is 90.4 cm³/mol. The van der Waals surface area contributed by atoms with Crippen LogP contribution >= 0.6 is 28.3 Å². The summed E-state index contributed by atoms with van der Waals surface area (Å²) in [4.78, 5) is 12.1. The maximum absolute atomic E-state index is 12.1. The van der Waals surface area contributed by atoms with Crippen molar-refractivity contribution < 1.29 is 4.79 Å². The molecule has 3 nitrogen and oxygen atoms in total. The zero-order valence-corrected chi connectivity index (χ0v) is 14.7. The van der Waals surface area contributed by atoms with Crippen LogP contribution in [-0.4, -0.2) is 25.5 Å². The third-order valence-electron chi connectivity index (χ3n) is 3.31. The third kappa shape index (κ3) is 6.73. The number of halogens is 2. The molecule has 0 fully saturated rings. The van der Waals surface area contributed by atoms with Crippen molar-refractivity contribution in [3.63, 3.8) is 0 Å². The Bertz CT molecular complexity index is 415. The number of carbonyl (C=O) groups excluding carboxylic acids is 1. The molecule has 1 aromatic rings. The summed E-state index contributed by atoms with van der Waals surface area (Å²) in [6.45, 7) is 4.78. The fourth-order valence-corrected chi connectivity index (χ4v) is 2.32. The average Bonchev–Trinajstić information content (AvgIpc) is 2.41. The van der Waals surface area contributed by atoms with Crippen LogP contribution in [-0.2, 0) is 11.2 Å². The molecule has 114 valence electrons. The van der Waals surface area contributed by atoms with Gasteiger partial charge in [-0.3, -0.25) is 4.79 Å². The van der Waals surface area contributed by atoms with E-state index in [4.69, 9.17) is 0 Å². The second-order valence-corrected chi connectivity index (χ2v) is 5.79. The van der Waals surface area contributed by atoms with Crippen LogP contribution in [0.2, 0.25) is 0 Å². The van der Waals surface area contributed by atoms with E-state index in [-0.39, 0.29) is 24.2 Å². The first-order chi connectivity index (χ1) is 9.06. The Kier molecular flexibility index (Phi) is 9.90. The summed E-state index contributed by atoms with van der Waals surface area (Å²) in [6.07, 6.45) is 1.64. The molecule has 1 amide bonds. The normalized spacial score (nSPS) is 13.2. The van der Waals surface area contributed by atoms with Gasteiger partial charge in [-0.2, -0.15) is 0 Å². The minimum absolute atomic E-state index is 0. The van der Waals surface area contributed by atoms with Crippen LogP contribution in [0.1, 0.15) is 25.8 Å². The van der Waals surface area contributed by atoms with Crippen LogP contribution in [0.4, 0.5) is 0 Å². The summed E-state index contributed by atoms with van der Waals surface area (Å²) in [5.41, 5.74) is 1.19. The minimum atomic E-state index is 0. The number of rotatable bonds is 7. The zero-order chi connectivity index (χ0) is 14.3. The first-order valence-corrected chi connectivity index (χ1v) is 7.55. The SMILES string of the molecule is CCC(Cc1cccc(Br)c1)C(=O)NCC(C)NC.Cl. The van der Waals surface area contributed by atoms with Crippen molar-refractivity contribution in [2.75, 3.05) is 13.6 Å².